The Balaban J connectivity index is 1.99. The molecule has 2 aromatic carbocycles. The number of aliphatic hydroxyl groups excluding tert-OH is 1. The summed E-state index contributed by atoms with van der Waals surface area (Å²) in [5, 5.41) is 17.7. The summed E-state index contributed by atoms with van der Waals surface area (Å²) < 4.78 is 2.68. The van der Waals surface area contributed by atoms with Crippen LogP contribution in [0.5, 0.6) is 0 Å². The largest absolute Gasteiger partial charge is 0.392 e. The Kier molecular flexibility index (Phi) is 5.08. The summed E-state index contributed by atoms with van der Waals surface area (Å²) in [5.41, 5.74) is 5.51. The van der Waals surface area contributed by atoms with Gasteiger partial charge in [-0.2, -0.15) is 5.10 Å². The van der Waals surface area contributed by atoms with Crippen molar-refractivity contribution in [3.05, 3.63) is 63.8 Å². The minimum atomic E-state index is -0.164. The van der Waals surface area contributed by atoms with Gasteiger partial charge in [0, 0.05) is 16.9 Å². The Hall–Kier alpha value is -2.44. The summed E-state index contributed by atoms with van der Waals surface area (Å²) in [7, 11) is 1.64. The van der Waals surface area contributed by atoms with E-state index in [0.29, 0.717) is 11.6 Å². The molecule has 0 saturated heterocycles. The average molecular weight is 440 g/mol. The van der Waals surface area contributed by atoms with Crippen LogP contribution in [-0.2, 0) is 0 Å². The third-order valence-electron chi connectivity index (χ3n) is 5.20. The van der Waals surface area contributed by atoms with Crippen LogP contribution < -0.4 is 5.32 Å². The van der Waals surface area contributed by atoms with Crippen molar-refractivity contribution in [2.45, 2.75) is 25.7 Å². The first-order valence-electron chi connectivity index (χ1n) is 9.36. The van der Waals surface area contributed by atoms with Gasteiger partial charge in [-0.05, 0) is 78.8 Å². The summed E-state index contributed by atoms with van der Waals surface area (Å²) in [4.78, 5) is 12.7. The molecule has 6 heteroatoms. The van der Waals surface area contributed by atoms with Gasteiger partial charge in [0.25, 0.3) is 5.91 Å². The second-order valence-electron chi connectivity index (χ2n) is 7.12. The Labute approximate surface area is 172 Å². The second kappa shape index (κ2) is 7.53. The molecule has 1 heterocycles. The fourth-order valence-corrected chi connectivity index (χ4v) is 3.84. The number of halogens is 1. The molecule has 1 saturated carbocycles. The first-order chi connectivity index (χ1) is 13.5. The maximum atomic E-state index is 12.7. The van der Waals surface area contributed by atoms with Crippen LogP contribution in [0.3, 0.4) is 0 Å². The molecule has 1 aliphatic rings. The van der Waals surface area contributed by atoms with Gasteiger partial charge in [-0.3, -0.25) is 4.79 Å². The third-order valence-corrected chi connectivity index (χ3v) is 5.72. The number of amides is 1. The molecule has 0 unspecified atom stereocenters. The molecule has 0 bridgehead atoms. The SMILES string of the molecule is CNC(=O)c1c2cc(C3CC3)c(/C(C)=C/CO)cc2nn1-c1ccc(Br)cc1. The number of allylic oxidation sites excluding steroid dienone is 1. The highest BCUT2D eigenvalue weighted by Gasteiger charge is 2.29. The molecule has 1 aromatic heterocycles. The number of fused-ring (bicyclic) bond motifs is 1. The van der Waals surface area contributed by atoms with Gasteiger partial charge in [-0.1, -0.05) is 22.0 Å². The van der Waals surface area contributed by atoms with Gasteiger partial charge in [-0.25, -0.2) is 4.68 Å². The molecular formula is C22H22BrN3O2. The van der Waals surface area contributed by atoms with Gasteiger partial charge < -0.3 is 10.4 Å². The lowest BCUT2D eigenvalue weighted by Gasteiger charge is -2.10. The molecule has 4 rings (SSSR count). The molecule has 0 aliphatic heterocycles. The van der Waals surface area contributed by atoms with E-state index in [9.17, 15) is 9.90 Å². The van der Waals surface area contributed by atoms with Crippen LogP contribution in [0.4, 0.5) is 0 Å². The zero-order chi connectivity index (χ0) is 19.8. The lowest BCUT2D eigenvalue weighted by Crippen LogP contribution is -2.21. The quantitative estimate of drug-likeness (QED) is 0.617. The number of aliphatic hydroxyl groups is 1. The molecular weight excluding hydrogens is 418 g/mol. The van der Waals surface area contributed by atoms with Crippen LogP contribution >= 0.6 is 15.9 Å². The predicted molar refractivity (Wildman–Crippen MR) is 115 cm³/mol. The van der Waals surface area contributed by atoms with Crippen molar-refractivity contribution in [1.82, 2.24) is 15.1 Å². The van der Waals surface area contributed by atoms with Crippen LogP contribution in [0.15, 0.2) is 46.9 Å². The third kappa shape index (κ3) is 3.38. The van der Waals surface area contributed by atoms with Gasteiger partial charge >= 0.3 is 0 Å². The van der Waals surface area contributed by atoms with Gasteiger partial charge in [0.15, 0.2) is 0 Å². The normalized spacial score (nSPS) is 14.5. The maximum absolute atomic E-state index is 12.7. The first-order valence-corrected chi connectivity index (χ1v) is 10.2. The smallest absolute Gasteiger partial charge is 0.270 e. The van der Waals surface area contributed by atoms with Gasteiger partial charge in [0.2, 0.25) is 0 Å². The molecule has 0 spiro atoms. The molecule has 2 N–H and O–H groups in total. The minimum absolute atomic E-state index is 0.00476. The molecule has 28 heavy (non-hydrogen) atoms. The van der Waals surface area contributed by atoms with Crippen molar-refractivity contribution >= 4 is 38.3 Å². The van der Waals surface area contributed by atoms with Crippen molar-refractivity contribution in [1.29, 1.82) is 0 Å². The number of hydrogen-bond acceptors (Lipinski definition) is 3. The number of nitrogens with zero attached hydrogens (tertiary/aromatic N) is 2. The van der Waals surface area contributed by atoms with Crippen molar-refractivity contribution in [3.63, 3.8) is 0 Å². The van der Waals surface area contributed by atoms with E-state index >= 15 is 0 Å². The fourth-order valence-electron chi connectivity index (χ4n) is 3.58. The number of carbonyl (C=O) groups is 1. The lowest BCUT2D eigenvalue weighted by atomic mass is 9.95. The van der Waals surface area contributed by atoms with Crippen LogP contribution in [0.25, 0.3) is 22.2 Å². The van der Waals surface area contributed by atoms with Gasteiger partial charge in [0.1, 0.15) is 5.69 Å². The number of aromatic nitrogens is 2. The van der Waals surface area contributed by atoms with E-state index in [1.807, 2.05) is 43.3 Å². The molecule has 0 atom stereocenters. The van der Waals surface area contributed by atoms with Crippen molar-refractivity contribution in [2.24, 2.45) is 0 Å². The minimum Gasteiger partial charge on any atom is -0.392 e. The van der Waals surface area contributed by atoms with Crippen LogP contribution in [0.2, 0.25) is 0 Å². The first kappa shape index (κ1) is 18.9. The summed E-state index contributed by atoms with van der Waals surface area (Å²) in [6.07, 6.45) is 4.13. The highest BCUT2D eigenvalue weighted by Crippen LogP contribution is 2.45. The van der Waals surface area contributed by atoms with E-state index in [1.54, 1.807) is 11.7 Å². The molecule has 3 aromatic rings. The summed E-state index contributed by atoms with van der Waals surface area (Å²) in [5.74, 6) is 0.345. The van der Waals surface area contributed by atoms with Crippen LogP contribution in [0.1, 0.15) is 47.3 Å². The zero-order valence-electron chi connectivity index (χ0n) is 15.9. The van der Waals surface area contributed by atoms with E-state index in [0.717, 1.165) is 45.0 Å². The molecule has 5 nitrogen and oxygen atoms in total. The molecule has 0 radical (unpaired) electrons. The predicted octanol–water partition coefficient (Wildman–Crippen LogP) is 4.42. The Morgan fingerprint density at radius 3 is 2.64 bits per heavy atom. The molecule has 144 valence electrons. The van der Waals surface area contributed by atoms with E-state index < -0.39 is 0 Å². The average Bonchev–Trinajstić information content (AvgIpc) is 3.47. The molecule has 1 amide bonds. The summed E-state index contributed by atoms with van der Waals surface area (Å²) >= 11 is 3.45. The highest BCUT2D eigenvalue weighted by molar-refractivity contribution is 9.10. The number of nitrogens with one attached hydrogen (secondary N) is 1. The Morgan fingerprint density at radius 2 is 2.04 bits per heavy atom. The standard InChI is InChI=1S/C22H22BrN3O2/c1-13(9-10-27)17-12-20-19(11-18(17)14-3-4-14)21(22(28)24-2)26(25-20)16-7-5-15(23)6-8-16/h5-9,11-12,14,27H,3-4,10H2,1-2H3,(H,24,28)/b13-9+. The summed E-state index contributed by atoms with van der Waals surface area (Å²) in [6, 6.07) is 11.9. The number of hydrogen-bond donors (Lipinski definition) is 2. The number of benzene rings is 2. The van der Waals surface area contributed by atoms with Crippen LogP contribution in [0, 0.1) is 0 Å². The highest BCUT2D eigenvalue weighted by atomic mass is 79.9. The number of carbonyl (C=O) groups excluding carboxylic acids is 1. The van der Waals surface area contributed by atoms with Crippen LogP contribution in [-0.4, -0.2) is 34.4 Å². The Morgan fingerprint density at radius 1 is 1.32 bits per heavy atom. The van der Waals surface area contributed by atoms with Crippen molar-refractivity contribution in [2.75, 3.05) is 13.7 Å². The monoisotopic (exact) mass is 439 g/mol. The van der Waals surface area contributed by atoms with E-state index in [-0.39, 0.29) is 12.5 Å². The lowest BCUT2D eigenvalue weighted by molar-refractivity contribution is 0.0957. The maximum Gasteiger partial charge on any atom is 0.270 e. The number of rotatable bonds is 5. The molecule has 1 aliphatic carbocycles. The molecule has 1 fully saturated rings. The topological polar surface area (TPSA) is 67.2 Å². The van der Waals surface area contributed by atoms with Gasteiger partial charge in [-0.15, -0.1) is 0 Å². The van der Waals surface area contributed by atoms with Crippen molar-refractivity contribution in [3.8, 4) is 5.69 Å². The van der Waals surface area contributed by atoms with E-state index in [1.165, 1.54) is 5.56 Å². The Bertz CT molecular complexity index is 1080. The van der Waals surface area contributed by atoms with Crippen molar-refractivity contribution < 1.29 is 9.90 Å². The second-order valence-corrected chi connectivity index (χ2v) is 8.03. The van der Waals surface area contributed by atoms with Gasteiger partial charge in [0.05, 0.1) is 17.8 Å². The summed E-state index contributed by atoms with van der Waals surface area (Å²) in [6.45, 7) is 2.01. The van der Waals surface area contributed by atoms with E-state index in [4.69, 9.17) is 5.10 Å². The van der Waals surface area contributed by atoms with E-state index in [2.05, 4.69) is 27.3 Å². The fraction of sp³-hybridized carbons (Fsp3) is 0.273. The zero-order valence-corrected chi connectivity index (χ0v) is 17.5.